The zero-order chi connectivity index (χ0) is 16.9. The summed E-state index contributed by atoms with van der Waals surface area (Å²) in [6, 6.07) is 4.64. The molecule has 1 saturated heterocycles. The first-order chi connectivity index (χ1) is 11.5. The van der Waals surface area contributed by atoms with E-state index >= 15 is 0 Å². The van der Waals surface area contributed by atoms with Crippen LogP contribution in [0.4, 0.5) is 4.79 Å². The minimum atomic E-state index is -1.00. The molecule has 24 heavy (non-hydrogen) atoms. The van der Waals surface area contributed by atoms with Gasteiger partial charge in [0.05, 0.1) is 15.8 Å². The maximum Gasteiger partial charge on any atom is 0.325 e. The average molecular weight is 381 g/mol. The number of halogens is 1. The normalized spacial score (nSPS) is 22.8. The molecule has 2 aromatic rings. The number of hydrogen-bond acceptors (Lipinski definition) is 5. The summed E-state index contributed by atoms with van der Waals surface area (Å²) in [6.45, 7) is -0.261. The lowest BCUT2D eigenvalue weighted by atomic mass is 9.80. The van der Waals surface area contributed by atoms with Crippen molar-refractivity contribution in [3.63, 3.8) is 0 Å². The Bertz CT molecular complexity index is 859. The third-order valence-electron chi connectivity index (χ3n) is 4.49. The first-order valence-corrected chi connectivity index (χ1v) is 9.58. The standard InChI is InChI=1S/C16H13ClN2O3S2/c17-13-4-3-12(24-13)10(20)8-19-14(21)16(18-15(19)22)6-1-2-11-9(16)5-7-23-11/h3-5,7H,1-2,6,8H2,(H,18,22). The molecule has 1 N–H and O–H groups in total. The molecule has 1 unspecified atom stereocenters. The maximum absolute atomic E-state index is 13.0. The molecule has 2 aliphatic rings. The summed E-state index contributed by atoms with van der Waals surface area (Å²) in [5, 5.41) is 4.79. The Labute approximate surface area is 151 Å². The van der Waals surface area contributed by atoms with Crippen LogP contribution in [0.1, 0.15) is 33.0 Å². The van der Waals surface area contributed by atoms with Gasteiger partial charge in [-0.05, 0) is 42.8 Å². The third kappa shape index (κ3) is 2.30. The van der Waals surface area contributed by atoms with Gasteiger partial charge in [0.1, 0.15) is 5.54 Å². The van der Waals surface area contributed by atoms with Crippen molar-refractivity contribution in [2.75, 3.05) is 6.54 Å². The number of carbonyl (C=O) groups is 3. The number of rotatable bonds is 3. The lowest BCUT2D eigenvalue weighted by Gasteiger charge is -2.31. The van der Waals surface area contributed by atoms with Gasteiger partial charge in [-0.2, -0.15) is 0 Å². The van der Waals surface area contributed by atoms with Gasteiger partial charge in [0.2, 0.25) is 0 Å². The Morgan fingerprint density at radius 1 is 1.33 bits per heavy atom. The van der Waals surface area contributed by atoms with Gasteiger partial charge in [-0.15, -0.1) is 22.7 Å². The van der Waals surface area contributed by atoms with Crippen LogP contribution >= 0.6 is 34.3 Å². The number of carbonyl (C=O) groups excluding carboxylic acids is 3. The van der Waals surface area contributed by atoms with E-state index in [4.69, 9.17) is 11.6 Å². The van der Waals surface area contributed by atoms with Crippen molar-refractivity contribution in [1.29, 1.82) is 0 Å². The highest BCUT2D eigenvalue weighted by molar-refractivity contribution is 7.18. The summed E-state index contributed by atoms with van der Waals surface area (Å²) >= 11 is 8.60. The first kappa shape index (κ1) is 15.8. The van der Waals surface area contributed by atoms with Crippen molar-refractivity contribution in [3.05, 3.63) is 43.2 Å². The zero-order valence-corrected chi connectivity index (χ0v) is 14.9. The van der Waals surface area contributed by atoms with Crippen molar-refractivity contribution < 1.29 is 14.4 Å². The molecule has 3 amide bonds. The number of ketones is 1. The molecule has 0 aromatic carbocycles. The highest BCUT2D eigenvalue weighted by Crippen LogP contribution is 2.42. The number of nitrogens with one attached hydrogen (secondary N) is 1. The van der Waals surface area contributed by atoms with E-state index in [2.05, 4.69) is 5.32 Å². The molecule has 2 aromatic heterocycles. The molecule has 1 aliphatic carbocycles. The van der Waals surface area contributed by atoms with Crippen LogP contribution in [0.5, 0.6) is 0 Å². The predicted molar refractivity (Wildman–Crippen MR) is 92.8 cm³/mol. The number of nitrogens with zero attached hydrogens (tertiary/aromatic N) is 1. The lowest BCUT2D eigenvalue weighted by molar-refractivity contribution is -0.131. The largest absolute Gasteiger partial charge is 0.325 e. The number of urea groups is 1. The molecule has 1 atom stereocenters. The molecule has 0 bridgehead atoms. The second kappa shape index (κ2) is 5.68. The van der Waals surface area contributed by atoms with Crippen LogP contribution in [0.2, 0.25) is 4.34 Å². The van der Waals surface area contributed by atoms with Gasteiger partial charge < -0.3 is 5.32 Å². The summed E-state index contributed by atoms with van der Waals surface area (Å²) in [4.78, 5) is 40.3. The van der Waals surface area contributed by atoms with Crippen molar-refractivity contribution in [3.8, 4) is 0 Å². The highest BCUT2D eigenvalue weighted by atomic mass is 35.5. The number of Topliss-reactive ketones (excluding diaryl/α,β-unsaturated/α-hetero) is 1. The molecular formula is C16H13ClN2O3S2. The summed E-state index contributed by atoms with van der Waals surface area (Å²) in [5.41, 5.74) is -0.121. The third-order valence-corrected chi connectivity index (χ3v) is 6.74. The zero-order valence-electron chi connectivity index (χ0n) is 12.5. The Balaban J connectivity index is 1.62. The molecule has 4 rings (SSSR count). The smallest absolute Gasteiger partial charge is 0.319 e. The predicted octanol–water partition coefficient (Wildman–Crippen LogP) is 3.43. The average Bonchev–Trinajstić information content (AvgIpc) is 3.24. The van der Waals surface area contributed by atoms with E-state index in [0.29, 0.717) is 15.6 Å². The Kier molecular flexibility index (Phi) is 3.74. The van der Waals surface area contributed by atoms with Gasteiger partial charge in [-0.3, -0.25) is 14.5 Å². The number of hydrogen-bond donors (Lipinski definition) is 1. The molecule has 3 heterocycles. The van der Waals surface area contributed by atoms with E-state index in [9.17, 15) is 14.4 Å². The van der Waals surface area contributed by atoms with Crippen LogP contribution in [-0.2, 0) is 16.8 Å². The van der Waals surface area contributed by atoms with Gasteiger partial charge in [0.25, 0.3) is 5.91 Å². The summed E-state index contributed by atoms with van der Waals surface area (Å²) in [6.07, 6.45) is 2.32. The SMILES string of the molecule is O=C(CN1C(=O)NC2(CCCc3sccc32)C1=O)c1ccc(Cl)s1. The number of imide groups is 1. The fourth-order valence-corrected chi connectivity index (χ4v) is 5.34. The quantitative estimate of drug-likeness (QED) is 0.655. The molecule has 0 radical (unpaired) electrons. The van der Waals surface area contributed by atoms with Crippen molar-refractivity contribution in [2.24, 2.45) is 0 Å². The lowest BCUT2D eigenvalue weighted by Crippen LogP contribution is -2.46. The number of aryl methyl sites for hydroxylation is 1. The van der Waals surface area contributed by atoms with Gasteiger partial charge in [0.15, 0.2) is 5.78 Å². The Morgan fingerprint density at radius 3 is 2.92 bits per heavy atom. The summed E-state index contributed by atoms with van der Waals surface area (Å²) in [5.74, 6) is -0.614. The fourth-order valence-electron chi connectivity index (χ4n) is 3.37. The topological polar surface area (TPSA) is 66.5 Å². The first-order valence-electron chi connectivity index (χ1n) is 7.51. The van der Waals surface area contributed by atoms with E-state index in [1.54, 1.807) is 23.5 Å². The molecule has 0 saturated carbocycles. The number of fused-ring (bicyclic) bond motifs is 2. The molecule has 1 aliphatic heterocycles. The molecule has 124 valence electrons. The second-order valence-corrected chi connectivity index (χ2v) is 8.58. The Morgan fingerprint density at radius 2 is 2.17 bits per heavy atom. The van der Waals surface area contributed by atoms with Gasteiger partial charge in [-0.1, -0.05) is 11.6 Å². The van der Waals surface area contributed by atoms with E-state index in [-0.39, 0.29) is 18.2 Å². The van der Waals surface area contributed by atoms with Crippen LogP contribution in [0, 0.1) is 0 Å². The monoisotopic (exact) mass is 380 g/mol. The second-order valence-electron chi connectivity index (χ2n) is 5.86. The van der Waals surface area contributed by atoms with E-state index in [1.807, 2.05) is 11.4 Å². The fraction of sp³-hybridized carbons (Fsp3) is 0.312. The van der Waals surface area contributed by atoms with Gasteiger partial charge >= 0.3 is 6.03 Å². The van der Waals surface area contributed by atoms with Crippen LogP contribution < -0.4 is 5.32 Å². The number of amides is 3. The van der Waals surface area contributed by atoms with Crippen molar-refractivity contribution in [1.82, 2.24) is 10.2 Å². The number of thiophene rings is 2. The van der Waals surface area contributed by atoms with Crippen molar-refractivity contribution in [2.45, 2.75) is 24.8 Å². The summed E-state index contributed by atoms with van der Waals surface area (Å²) < 4.78 is 0.502. The molecular weight excluding hydrogens is 368 g/mol. The minimum absolute atomic E-state index is 0.261. The van der Waals surface area contributed by atoms with Crippen LogP contribution in [0.15, 0.2) is 23.6 Å². The highest BCUT2D eigenvalue weighted by Gasteiger charge is 2.54. The minimum Gasteiger partial charge on any atom is -0.319 e. The molecule has 1 spiro atoms. The molecule has 8 heteroatoms. The van der Waals surface area contributed by atoms with Crippen LogP contribution in [-0.4, -0.2) is 29.2 Å². The van der Waals surface area contributed by atoms with Gasteiger partial charge in [-0.25, -0.2) is 4.79 Å². The molecule has 5 nitrogen and oxygen atoms in total. The maximum atomic E-state index is 13.0. The Hall–Kier alpha value is -1.70. The van der Waals surface area contributed by atoms with Crippen LogP contribution in [0.25, 0.3) is 0 Å². The van der Waals surface area contributed by atoms with E-state index < -0.39 is 11.6 Å². The van der Waals surface area contributed by atoms with Crippen LogP contribution in [0.3, 0.4) is 0 Å². The van der Waals surface area contributed by atoms with Gasteiger partial charge in [0, 0.05) is 10.4 Å². The molecule has 1 fully saturated rings. The van der Waals surface area contributed by atoms with Crippen molar-refractivity contribution >= 4 is 52.0 Å². The summed E-state index contributed by atoms with van der Waals surface area (Å²) in [7, 11) is 0. The van der Waals surface area contributed by atoms with E-state index in [1.165, 1.54) is 0 Å². The van der Waals surface area contributed by atoms with E-state index in [0.717, 1.165) is 39.5 Å².